The molecule has 1 fully saturated rings. The molecule has 5 nitrogen and oxygen atoms in total. The maximum absolute atomic E-state index is 12.5. The molecule has 2 amide bonds. The van der Waals surface area contributed by atoms with E-state index in [1.54, 1.807) is 0 Å². The molecule has 28 heavy (non-hydrogen) atoms. The number of carbonyl (C=O) groups excluding carboxylic acids is 1. The van der Waals surface area contributed by atoms with Gasteiger partial charge in [0.25, 0.3) is 0 Å². The molecule has 6 heteroatoms. The number of piperidine rings is 1. The van der Waals surface area contributed by atoms with E-state index in [1.165, 1.54) is 0 Å². The van der Waals surface area contributed by atoms with Gasteiger partial charge < -0.3 is 15.5 Å². The summed E-state index contributed by atoms with van der Waals surface area (Å²) in [7, 11) is 0. The number of rotatable bonds is 5. The van der Waals surface area contributed by atoms with E-state index in [9.17, 15) is 4.79 Å². The normalized spacial score (nSPS) is 15.5. The Morgan fingerprint density at radius 3 is 2.57 bits per heavy atom. The second-order valence-electron chi connectivity index (χ2n) is 7.05. The largest absolute Gasteiger partial charge is 0.371 e. The van der Waals surface area contributed by atoms with Gasteiger partial charge in [0.2, 0.25) is 0 Å². The fourth-order valence-electron chi connectivity index (χ4n) is 3.56. The van der Waals surface area contributed by atoms with Crippen LogP contribution in [0.2, 0.25) is 5.02 Å². The molecule has 0 radical (unpaired) electrons. The van der Waals surface area contributed by atoms with Crippen LogP contribution in [-0.4, -0.2) is 25.2 Å². The van der Waals surface area contributed by atoms with Crippen LogP contribution in [0.5, 0.6) is 0 Å². The maximum Gasteiger partial charge on any atom is 0.315 e. The summed E-state index contributed by atoms with van der Waals surface area (Å²) in [6.07, 6.45) is 2.58. The van der Waals surface area contributed by atoms with Gasteiger partial charge in [0.15, 0.2) is 0 Å². The zero-order valence-corrected chi connectivity index (χ0v) is 16.7. The molecule has 146 valence electrons. The molecule has 0 saturated carbocycles. The zero-order valence-electron chi connectivity index (χ0n) is 16.0. The van der Waals surface area contributed by atoms with E-state index in [-0.39, 0.29) is 18.1 Å². The van der Waals surface area contributed by atoms with E-state index in [0.29, 0.717) is 10.6 Å². The molecule has 1 aliphatic heterocycles. The third kappa shape index (κ3) is 5.17. The van der Waals surface area contributed by atoms with Gasteiger partial charge in [-0.05, 0) is 61.2 Å². The van der Waals surface area contributed by atoms with Gasteiger partial charge in [-0.1, -0.05) is 30.7 Å². The van der Waals surface area contributed by atoms with Crippen LogP contribution in [0.1, 0.15) is 43.4 Å². The molecule has 2 aromatic rings. The number of amides is 2. The van der Waals surface area contributed by atoms with Crippen LogP contribution in [-0.2, 0) is 0 Å². The van der Waals surface area contributed by atoms with Gasteiger partial charge in [-0.3, -0.25) is 0 Å². The molecule has 0 aromatic heterocycles. The number of halogens is 1. The van der Waals surface area contributed by atoms with Gasteiger partial charge in [0, 0.05) is 29.8 Å². The smallest absolute Gasteiger partial charge is 0.315 e. The predicted octanol–water partition coefficient (Wildman–Crippen LogP) is 4.63. The minimum atomic E-state index is -0.136. The molecule has 2 aromatic carbocycles. The summed E-state index contributed by atoms with van der Waals surface area (Å²) < 4.78 is 0. The molecule has 1 saturated heterocycles. The van der Waals surface area contributed by atoms with E-state index in [1.807, 2.05) is 55.5 Å². The lowest BCUT2D eigenvalue weighted by Crippen LogP contribution is -2.48. The fraction of sp³-hybridized carbons (Fsp3) is 0.364. The van der Waals surface area contributed by atoms with Crippen LogP contribution < -0.4 is 15.5 Å². The van der Waals surface area contributed by atoms with Crippen molar-refractivity contribution in [3.63, 3.8) is 0 Å². The quantitative estimate of drug-likeness (QED) is 0.774. The Labute approximate surface area is 171 Å². The lowest BCUT2D eigenvalue weighted by Gasteiger charge is -2.34. The third-order valence-electron chi connectivity index (χ3n) is 5.16. The van der Waals surface area contributed by atoms with Crippen molar-refractivity contribution >= 4 is 23.3 Å². The first-order valence-electron chi connectivity index (χ1n) is 9.66. The first-order chi connectivity index (χ1) is 13.6. The molecule has 0 bridgehead atoms. The lowest BCUT2D eigenvalue weighted by molar-refractivity contribution is 0.230. The molecular formula is C22H25ClN4O. The number of hydrogen-bond donors (Lipinski definition) is 2. The highest BCUT2D eigenvalue weighted by atomic mass is 35.5. The van der Waals surface area contributed by atoms with E-state index >= 15 is 0 Å². The van der Waals surface area contributed by atoms with Crippen molar-refractivity contribution in [1.29, 1.82) is 5.26 Å². The molecule has 2 N–H and O–H groups in total. The van der Waals surface area contributed by atoms with Crippen LogP contribution in [0.3, 0.4) is 0 Å². The van der Waals surface area contributed by atoms with Crippen molar-refractivity contribution in [3.05, 3.63) is 64.7 Å². The Morgan fingerprint density at radius 1 is 1.25 bits per heavy atom. The standard InChI is InChI=1S/C22H25ClN4O/c1-2-21(17-4-3-5-18(23)14-17)26-22(28)25-19-10-12-27(13-11-19)20-8-6-16(15-24)7-9-20/h3-9,14,19,21H,2,10-13H2,1H3,(H2,25,26,28). The van der Waals surface area contributed by atoms with Gasteiger partial charge >= 0.3 is 6.03 Å². The number of nitrogens with zero attached hydrogens (tertiary/aromatic N) is 2. The van der Waals surface area contributed by atoms with Crippen molar-refractivity contribution in [1.82, 2.24) is 10.6 Å². The lowest BCUT2D eigenvalue weighted by atomic mass is 10.0. The summed E-state index contributed by atoms with van der Waals surface area (Å²) >= 11 is 6.07. The molecule has 3 rings (SSSR count). The highest BCUT2D eigenvalue weighted by molar-refractivity contribution is 6.30. The molecule has 1 heterocycles. The van der Waals surface area contributed by atoms with Crippen molar-refractivity contribution in [2.75, 3.05) is 18.0 Å². The topological polar surface area (TPSA) is 68.2 Å². The van der Waals surface area contributed by atoms with E-state index in [0.717, 1.165) is 43.6 Å². The van der Waals surface area contributed by atoms with E-state index in [4.69, 9.17) is 16.9 Å². The van der Waals surface area contributed by atoms with Crippen LogP contribution in [0.4, 0.5) is 10.5 Å². The van der Waals surface area contributed by atoms with Gasteiger partial charge in [-0.15, -0.1) is 0 Å². The van der Waals surface area contributed by atoms with Gasteiger partial charge in [0.1, 0.15) is 0 Å². The highest BCUT2D eigenvalue weighted by Gasteiger charge is 2.22. The second-order valence-corrected chi connectivity index (χ2v) is 7.49. The molecule has 0 spiro atoms. The van der Waals surface area contributed by atoms with Crippen molar-refractivity contribution in [3.8, 4) is 6.07 Å². The number of hydrogen-bond acceptors (Lipinski definition) is 3. The average molecular weight is 397 g/mol. The van der Waals surface area contributed by atoms with Crippen LogP contribution >= 0.6 is 11.6 Å². The predicted molar refractivity (Wildman–Crippen MR) is 113 cm³/mol. The van der Waals surface area contributed by atoms with Gasteiger partial charge in [-0.25, -0.2) is 4.79 Å². The van der Waals surface area contributed by atoms with E-state index < -0.39 is 0 Å². The number of urea groups is 1. The van der Waals surface area contributed by atoms with Gasteiger partial charge in [0.05, 0.1) is 17.7 Å². The summed E-state index contributed by atoms with van der Waals surface area (Å²) in [4.78, 5) is 14.8. The Hall–Kier alpha value is -2.71. The zero-order chi connectivity index (χ0) is 19.9. The first kappa shape index (κ1) is 20.0. The minimum Gasteiger partial charge on any atom is -0.371 e. The fourth-order valence-corrected chi connectivity index (χ4v) is 3.76. The third-order valence-corrected chi connectivity index (χ3v) is 5.39. The van der Waals surface area contributed by atoms with Crippen molar-refractivity contribution < 1.29 is 4.79 Å². The summed E-state index contributed by atoms with van der Waals surface area (Å²) in [6.45, 7) is 3.80. The summed E-state index contributed by atoms with van der Waals surface area (Å²) in [5.41, 5.74) is 2.80. The van der Waals surface area contributed by atoms with Crippen molar-refractivity contribution in [2.45, 2.75) is 38.3 Å². The molecule has 0 aliphatic carbocycles. The molecule has 1 atom stereocenters. The Bertz CT molecular complexity index is 838. The molecular weight excluding hydrogens is 372 g/mol. The number of anilines is 1. The van der Waals surface area contributed by atoms with Gasteiger partial charge in [-0.2, -0.15) is 5.26 Å². The van der Waals surface area contributed by atoms with Crippen LogP contribution in [0, 0.1) is 11.3 Å². The van der Waals surface area contributed by atoms with Crippen molar-refractivity contribution in [2.24, 2.45) is 0 Å². The minimum absolute atomic E-state index is 0.0579. The number of benzene rings is 2. The molecule has 1 aliphatic rings. The Kier molecular flexibility index (Phi) is 6.78. The summed E-state index contributed by atoms with van der Waals surface area (Å²) in [5, 5.41) is 15.7. The number of nitriles is 1. The number of nitrogens with one attached hydrogen (secondary N) is 2. The maximum atomic E-state index is 12.5. The SMILES string of the molecule is CCC(NC(=O)NC1CCN(c2ccc(C#N)cc2)CC1)c1cccc(Cl)c1. The first-order valence-corrected chi connectivity index (χ1v) is 10.0. The highest BCUT2D eigenvalue weighted by Crippen LogP contribution is 2.22. The molecule has 1 unspecified atom stereocenters. The Balaban J connectivity index is 1.49. The van der Waals surface area contributed by atoms with Crippen LogP contribution in [0.15, 0.2) is 48.5 Å². The Morgan fingerprint density at radius 2 is 1.96 bits per heavy atom. The summed E-state index contributed by atoms with van der Waals surface area (Å²) in [6, 6.07) is 17.4. The monoisotopic (exact) mass is 396 g/mol. The number of carbonyl (C=O) groups is 1. The van der Waals surface area contributed by atoms with E-state index in [2.05, 4.69) is 21.6 Å². The summed E-state index contributed by atoms with van der Waals surface area (Å²) in [5.74, 6) is 0. The van der Waals surface area contributed by atoms with Crippen LogP contribution in [0.25, 0.3) is 0 Å². The average Bonchev–Trinajstić information content (AvgIpc) is 2.72. The second kappa shape index (κ2) is 9.48.